The van der Waals surface area contributed by atoms with Crippen molar-refractivity contribution >= 4 is 29.5 Å². The Morgan fingerprint density at radius 2 is 1.90 bits per heavy atom. The van der Waals surface area contributed by atoms with Gasteiger partial charge in [-0.1, -0.05) is 18.2 Å². The van der Waals surface area contributed by atoms with Gasteiger partial charge in [0.25, 0.3) is 5.91 Å². The van der Waals surface area contributed by atoms with Crippen molar-refractivity contribution in [1.29, 1.82) is 0 Å². The number of aromatic amines is 1. The first-order valence-electron chi connectivity index (χ1n) is 9.60. The Balaban J connectivity index is 1.55. The van der Waals surface area contributed by atoms with E-state index in [2.05, 4.69) is 25.2 Å². The van der Waals surface area contributed by atoms with Crippen molar-refractivity contribution in [3.05, 3.63) is 59.1 Å². The molecule has 30 heavy (non-hydrogen) atoms. The van der Waals surface area contributed by atoms with Crippen molar-refractivity contribution in [2.24, 2.45) is 5.10 Å². The first kappa shape index (κ1) is 18.8. The molecule has 4 heterocycles. The van der Waals surface area contributed by atoms with Crippen LogP contribution in [0.4, 0.5) is 5.69 Å². The smallest absolute Gasteiger partial charge is 0.280 e. The summed E-state index contributed by atoms with van der Waals surface area (Å²) in [4.78, 5) is 21.4. The number of ether oxygens (including phenoxy) is 1. The highest BCUT2D eigenvalue weighted by Gasteiger charge is 2.35. The highest BCUT2D eigenvalue weighted by molar-refractivity contribution is 7.71. The molecular weight excluding hydrogens is 402 g/mol. The first-order chi connectivity index (χ1) is 14.7. The average Bonchev–Trinajstić information content (AvgIpc) is 3.28. The second-order valence-electron chi connectivity index (χ2n) is 6.97. The van der Waals surface area contributed by atoms with Gasteiger partial charge >= 0.3 is 0 Å². The molecule has 1 saturated heterocycles. The Labute approximate surface area is 177 Å². The summed E-state index contributed by atoms with van der Waals surface area (Å²) in [6.07, 6.45) is 3.34. The lowest BCUT2D eigenvalue weighted by atomic mass is 10.1. The van der Waals surface area contributed by atoms with Gasteiger partial charge in [-0.15, -0.1) is 0 Å². The van der Waals surface area contributed by atoms with E-state index < -0.39 is 0 Å². The van der Waals surface area contributed by atoms with Crippen LogP contribution in [0.1, 0.15) is 5.56 Å². The van der Waals surface area contributed by atoms with E-state index in [1.165, 1.54) is 4.68 Å². The van der Waals surface area contributed by atoms with Crippen molar-refractivity contribution in [2.45, 2.75) is 0 Å². The molecule has 152 valence electrons. The Morgan fingerprint density at radius 1 is 1.13 bits per heavy atom. The topological polar surface area (TPSA) is 91.6 Å². The fraction of sp³-hybridized carbons (Fsp3) is 0.250. The third-order valence-electron chi connectivity index (χ3n) is 5.13. The third-order valence-corrected chi connectivity index (χ3v) is 5.40. The standard InChI is InChI=1S/C20H19N7O2S/c28-19-17(24-27-18(22-23-20(27)30)14-5-7-21-8-6-14)15-3-1-2-4-16(15)26(19)13-25-9-11-29-12-10-25/h1-8H,9-13H2,(H,23,30)/b24-17-. The molecule has 1 amide bonds. The number of amides is 1. The molecule has 2 aliphatic rings. The fourth-order valence-corrected chi connectivity index (χ4v) is 3.79. The number of anilines is 1. The molecule has 0 saturated carbocycles. The monoisotopic (exact) mass is 421 g/mol. The second kappa shape index (κ2) is 7.90. The minimum atomic E-state index is -0.161. The maximum atomic E-state index is 13.4. The molecule has 0 atom stereocenters. The summed E-state index contributed by atoms with van der Waals surface area (Å²) >= 11 is 5.38. The van der Waals surface area contributed by atoms with Crippen LogP contribution >= 0.6 is 12.2 Å². The molecule has 1 N–H and O–H groups in total. The number of nitrogens with zero attached hydrogens (tertiary/aromatic N) is 6. The van der Waals surface area contributed by atoms with Gasteiger partial charge in [0, 0.05) is 36.6 Å². The van der Waals surface area contributed by atoms with E-state index in [0.29, 0.717) is 36.2 Å². The van der Waals surface area contributed by atoms with Crippen LogP contribution in [0.2, 0.25) is 0 Å². The van der Waals surface area contributed by atoms with Gasteiger partial charge in [0.05, 0.1) is 25.6 Å². The molecule has 1 fully saturated rings. The SMILES string of the molecule is O=C1/C(=N\n2c(-c3ccncc3)n[nH]c2=S)c2ccccc2N1CN1CCOCC1. The Kier molecular flexibility index (Phi) is 4.95. The van der Waals surface area contributed by atoms with Gasteiger partial charge in [0.15, 0.2) is 11.5 Å². The van der Waals surface area contributed by atoms with Crippen LogP contribution in [0.3, 0.4) is 0 Å². The number of para-hydroxylation sites is 1. The van der Waals surface area contributed by atoms with Crippen molar-refractivity contribution < 1.29 is 9.53 Å². The quantitative estimate of drug-likeness (QED) is 0.647. The van der Waals surface area contributed by atoms with Gasteiger partial charge < -0.3 is 4.74 Å². The molecule has 0 spiro atoms. The molecular formula is C20H19N7O2S. The Hall–Kier alpha value is -3.21. The zero-order chi connectivity index (χ0) is 20.5. The molecule has 1 aromatic carbocycles. The average molecular weight is 421 g/mol. The summed E-state index contributed by atoms with van der Waals surface area (Å²) in [6.45, 7) is 3.41. The molecule has 0 unspecified atom stereocenters. The second-order valence-corrected chi connectivity index (χ2v) is 7.36. The molecule has 5 rings (SSSR count). The van der Waals surface area contributed by atoms with Crippen LogP contribution in [0.25, 0.3) is 11.4 Å². The van der Waals surface area contributed by atoms with Crippen LogP contribution in [0.15, 0.2) is 53.9 Å². The summed E-state index contributed by atoms with van der Waals surface area (Å²) in [5.41, 5.74) is 2.75. The first-order valence-corrected chi connectivity index (χ1v) is 10.0. The lowest BCUT2D eigenvalue weighted by Gasteiger charge is -2.30. The summed E-state index contributed by atoms with van der Waals surface area (Å²) < 4.78 is 7.23. The predicted molar refractivity (Wildman–Crippen MR) is 114 cm³/mol. The number of fused-ring (bicyclic) bond motifs is 1. The van der Waals surface area contributed by atoms with E-state index in [1.54, 1.807) is 17.3 Å². The molecule has 0 radical (unpaired) electrons. The maximum Gasteiger partial charge on any atom is 0.280 e. The van der Waals surface area contributed by atoms with Crippen molar-refractivity contribution in [1.82, 2.24) is 24.8 Å². The summed E-state index contributed by atoms with van der Waals surface area (Å²) in [7, 11) is 0. The third kappa shape index (κ3) is 3.34. The molecule has 2 aliphatic heterocycles. The number of benzene rings is 1. The number of H-pyrrole nitrogens is 1. The number of carbonyl (C=O) groups is 1. The van der Waals surface area contributed by atoms with Crippen LogP contribution in [-0.2, 0) is 9.53 Å². The highest BCUT2D eigenvalue weighted by Crippen LogP contribution is 2.30. The largest absolute Gasteiger partial charge is 0.379 e. The number of morpholine rings is 1. The Morgan fingerprint density at radius 3 is 2.70 bits per heavy atom. The summed E-state index contributed by atoms with van der Waals surface area (Å²) in [6, 6.07) is 11.3. The summed E-state index contributed by atoms with van der Waals surface area (Å²) in [5.74, 6) is 0.360. The van der Waals surface area contributed by atoms with Crippen molar-refractivity contribution in [3.8, 4) is 11.4 Å². The van der Waals surface area contributed by atoms with Gasteiger partial charge in [-0.25, -0.2) is 5.10 Å². The number of hydrogen-bond donors (Lipinski definition) is 1. The molecule has 0 aliphatic carbocycles. The van der Waals surface area contributed by atoms with Gasteiger partial charge in [-0.2, -0.15) is 14.9 Å². The molecule has 9 nitrogen and oxygen atoms in total. The Bertz CT molecular complexity index is 1170. The van der Waals surface area contributed by atoms with Gasteiger partial charge in [-0.05, 0) is 30.4 Å². The van der Waals surface area contributed by atoms with Crippen LogP contribution in [0.5, 0.6) is 0 Å². The number of rotatable bonds is 4. The van der Waals surface area contributed by atoms with Gasteiger partial charge in [-0.3, -0.25) is 19.6 Å². The van der Waals surface area contributed by atoms with E-state index in [9.17, 15) is 4.79 Å². The number of nitrogens with one attached hydrogen (secondary N) is 1. The lowest BCUT2D eigenvalue weighted by molar-refractivity contribution is -0.112. The van der Waals surface area contributed by atoms with Gasteiger partial charge in [0.2, 0.25) is 4.77 Å². The van der Waals surface area contributed by atoms with Crippen LogP contribution in [-0.4, -0.2) is 69.3 Å². The highest BCUT2D eigenvalue weighted by atomic mass is 32.1. The van der Waals surface area contributed by atoms with Gasteiger partial charge in [0.1, 0.15) is 0 Å². The minimum Gasteiger partial charge on any atom is -0.379 e. The number of hydrogen-bond acceptors (Lipinski definition) is 7. The van der Waals surface area contributed by atoms with Crippen LogP contribution < -0.4 is 4.90 Å². The van der Waals surface area contributed by atoms with E-state index >= 15 is 0 Å². The summed E-state index contributed by atoms with van der Waals surface area (Å²) in [5, 5.41) is 11.7. The molecule has 10 heteroatoms. The minimum absolute atomic E-state index is 0.161. The van der Waals surface area contributed by atoms with Crippen molar-refractivity contribution in [3.63, 3.8) is 0 Å². The molecule has 2 aromatic heterocycles. The van der Waals surface area contributed by atoms with E-state index in [-0.39, 0.29) is 5.91 Å². The van der Waals surface area contributed by atoms with E-state index in [0.717, 1.165) is 29.9 Å². The van der Waals surface area contributed by atoms with Crippen molar-refractivity contribution in [2.75, 3.05) is 37.9 Å². The number of pyridine rings is 1. The predicted octanol–water partition coefficient (Wildman–Crippen LogP) is 1.89. The maximum absolute atomic E-state index is 13.4. The fourth-order valence-electron chi connectivity index (χ4n) is 3.61. The zero-order valence-electron chi connectivity index (χ0n) is 16.1. The van der Waals surface area contributed by atoms with E-state index in [4.69, 9.17) is 17.0 Å². The molecule has 3 aromatic rings. The normalized spacial score (nSPS) is 18.2. The number of aromatic nitrogens is 4. The lowest BCUT2D eigenvalue weighted by Crippen LogP contribution is -2.46. The molecule has 0 bridgehead atoms. The van der Waals surface area contributed by atoms with Crippen LogP contribution in [0, 0.1) is 4.77 Å². The zero-order valence-corrected chi connectivity index (χ0v) is 16.9. The van der Waals surface area contributed by atoms with E-state index in [1.807, 2.05) is 36.4 Å². The number of carbonyl (C=O) groups excluding carboxylic acids is 1.